The number of rotatable bonds is 4. The van der Waals surface area contributed by atoms with Crippen molar-refractivity contribution in [3.63, 3.8) is 0 Å². The highest BCUT2D eigenvalue weighted by Gasteiger charge is 2.48. The Labute approximate surface area is 150 Å². The molecule has 2 heterocycles. The first-order chi connectivity index (χ1) is 12.1. The molecule has 2 amide bonds. The van der Waals surface area contributed by atoms with Crippen LogP contribution in [0.5, 0.6) is 0 Å². The van der Waals surface area contributed by atoms with E-state index in [2.05, 4.69) is 15.6 Å². The summed E-state index contributed by atoms with van der Waals surface area (Å²) >= 11 is 1.59. The fourth-order valence-corrected chi connectivity index (χ4v) is 4.69. The van der Waals surface area contributed by atoms with Crippen molar-refractivity contribution < 1.29 is 9.59 Å². The molecule has 2 aliphatic rings. The number of amides is 2. The van der Waals surface area contributed by atoms with Crippen molar-refractivity contribution in [1.82, 2.24) is 15.6 Å². The van der Waals surface area contributed by atoms with Gasteiger partial charge in [-0.2, -0.15) is 0 Å². The number of carbonyl (C=O) groups is 2. The number of piperidine rings is 1. The molecule has 1 saturated heterocycles. The van der Waals surface area contributed by atoms with Crippen LogP contribution in [0.2, 0.25) is 0 Å². The smallest absolute Gasteiger partial charge is 0.239 e. The number of aromatic nitrogens is 1. The number of carbonyl (C=O) groups excluding carboxylic acids is 2. The molecule has 1 aromatic heterocycles. The highest BCUT2D eigenvalue weighted by Crippen LogP contribution is 2.38. The van der Waals surface area contributed by atoms with E-state index in [1.807, 2.05) is 36.2 Å². The standard InChI is InChI=1S/C18H22N4O2S/c1-22(17-19-12-5-2-3-6-13(12)25-17)11-16(24)20-14-7-8-15(23)21-18(14)9-4-10-18/h2-3,5-6,14H,4,7-11H2,1H3,(H,20,24)(H,21,23). The normalized spacial score (nSPS) is 21.6. The van der Waals surface area contributed by atoms with Crippen LogP contribution in [0, 0.1) is 0 Å². The van der Waals surface area contributed by atoms with E-state index in [4.69, 9.17) is 0 Å². The monoisotopic (exact) mass is 358 g/mol. The van der Waals surface area contributed by atoms with Gasteiger partial charge in [-0.3, -0.25) is 9.59 Å². The van der Waals surface area contributed by atoms with Gasteiger partial charge >= 0.3 is 0 Å². The third-order valence-electron chi connectivity index (χ3n) is 5.29. The Kier molecular flexibility index (Phi) is 4.11. The number of thiazole rings is 1. The number of hydrogen-bond acceptors (Lipinski definition) is 5. The predicted molar refractivity (Wildman–Crippen MR) is 98.8 cm³/mol. The highest BCUT2D eigenvalue weighted by atomic mass is 32.1. The number of benzene rings is 1. The molecule has 0 radical (unpaired) electrons. The van der Waals surface area contributed by atoms with E-state index in [1.165, 1.54) is 0 Å². The van der Waals surface area contributed by atoms with Crippen LogP contribution < -0.4 is 15.5 Å². The summed E-state index contributed by atoms with van der Waals surface area (Å²) in [4.78, 5) is 30.7. The van der Waals surface area contributed by atoms with Crippen LogP contribution in [0.15, 0.2) is 24.3 Å². The molecule has 0 bridgehead atoms. The predicted octanol–water partition coefficient (Wildman–Crippen LogP) is 2.05. The molecule has 2 fully saturated rings. The van der Waals surface area contributed by atoms with Crippen molar-refractivity contribution in [2.75, 3.05) is 18.5 Å². The lowest BCUT2D eigenvalue weighted by Gasteiger charge is -2.51. The maximum Gasteiger partial charge on any atom is 0.239 e. The van der Waals surface area contributed by atoms with Gasteiger partial charge in [0.25, 0.3) is 0 Å². The maximum atomic E-state index is 12.5. The number of nitrogens with one attached hydrogen (secondary N) is 2. The third-order valence-corrected chi connectivity index (χ3v) is 6.44. The molecule has 4 rings (SSSR count). The van der Waals surface area contributed by atoms with Crippen molar-refractivity contribution in [1.29, 1.82) is 0 Å². The second-order valence-corrected chi connectivity index (χ2v) is 8.05. The molecule has 1 unspecified atom stereocenters. The number of anilines is 1. The zero-order valence-corrected chi connectivity index (χ0v) is 15.1. The van der Waals surface area contributed by atoms with E-state index in [1.54, 1.807) is 11.3 Å². The minimum atomic E-state index is -0.209. The molecule has 1 spiro atoms. The van der Waals surface area contributed by atoms with Crippen LogP contribution >= 0.6 is 11.3 Å². The summed E-state index contributed by atoms with van der Waals surface area (Å²) in [5.74, 6) is 0.0889. The lowest BCUT2D eigenvalue weighted by molar-refractivity contribution is -0.131. The van der Waals surface area contributed by atoms with Gasteiger partial charge in [0.15, 0.2) is 5.13 Å². The average Bonchev–Trinajstić information content (AvgIpc) is 2.99. The van der Waals surface area contributed by atoms with Gasteiger partial charge in [-0.25, -0.2) is 4.98 Å². The summed E-state index contributed by atoms with van der Waals surface area (Å²) in [5, 5.41) is 7.10. The molecule has 1 saturated carbocycles. The lowest BCUT2D eigenvalue weighted by atomic mass is 9.68. The zero-order valence-electron chi connectivity index (χ0n) is 14.2. The zero-order chi connectivity index (χ0) is 17.4. The Bertz CT molecular complexity index is 781. The molecule has 1 aliphatic carbocycles. The Balaban J connectivity index is 1.40. The number of fused-ring (bicyclic) bond motifs is 1. The van der Waals surface area contributed by atoms with Crippen molar-refractivity contribution in [2.45, 2.75) is 43.7 Å². The first kappa shape index (κ1) is 16.3. The summed E-state index contributed by atoms with van der Waals surface area (Å²) in [7, 11) is 1.89. The fourth-order valence-electron chi connectivity index (χ4n) is 3.77. The lowest BCUT2D eigenvalue weighted by Crippen LogP contribution is -2.68. The van der Waals surface area contributed by atoms with Crippen LogP contribution in [-0.4, -0.2) is 42.0 Å². The second-order valence-electron chi connectivity index (χ2n) is 7.04. The number of para-hydroxylation sites is 1. The van der Waals surface area contributed by atoms with E-state index in [0.29, 0.717) is 6.42 Å². The molecule has 25 heavy (non-hydrogen) atoms. The average molecular weight is 358 g/mol. The Morgan fingerprint density at radius 3 is 2.96 bits per heavy atom. The van der Waals surface area contributed by atoms with Crippen molar-refractivity contribution in [3.05, 3.63) is 24.3 Å². The summed E-state index contributed by atoms with van der Waals surface area (Å²) in [6.45, 7) is 0.264. The van der Waals surface area contributed by atoms with E-state index in [0.717, 1.165) is 41.0 Å². The largest absolute Gasteiger partial charge is 0.349 e. The Morgan fingerprint density at radius 2 is 2.24 bits per heavy atom. The molecule has 2 aromatic rings. The van der Waals surface area contributed by atoms with Gasteiger partial charge < -0.3 is 15.5 Å². The second kappa shape index (κ2) is 6.29. The molecule has 1 aromatic carbocycles. The van der Waals surface area contributed by atoms with Crippen LogP contribution in [0.1, 0.15) is 32.1 Å². The van der Waals surface area contributed by atoms with Gasteiger partial charge in [-0.15, -0.1) is 0 Å². The summed E-state index contributed by atoms with van der Waals surface area (Å²) in [5.41, 5.74) is 0.748. The van der Waals surface area contributed by atoms with Gasteiger partial charge in [-0.05, 0) is 37.8 Å². The van der Waals surface area contributed by atoms with E-state index < -0.39 is 0 Å². The summed E-state index contributed by atoms with van der Waals surface area (Å²) in [6.07, 6.45) is 4.23. The number of hydrogen-bond donors (Lipinski definition) is 2. The number of nitrogens with zero attached hydrogens (tertiary/aromatic N) is 2. The first-order valence-corrected chi connectivity index (χ1v) is 9.54. The third kappa shape index (κ3) is 3.08. The molecule has 1 aliphatic heterocycles. The summed E-state index contributed by atoms with van der Waals surface area (Å²) in [6, 6.07) is 8.01. The number of likely N-dealkylation sites (N-methyl/N-ethyl adjacent to an activating group) is 1. The van der Waals surface area contributed by atoms with Crippen molar-refractivity contribution in [3.8, 4) is 0 Å². The summed E-state index contributed by atoms with van der Waals surface area (Å²) < 4.78 is 1.12. The molecule has 6 nitrogen and oxygen atoms in total. The topological polar surface area (TPSA) is 74.3 Å². The highest BCUT2D eigenvalue weighted by molar-refractivity contribution is 7.22. The van der Waals surface area contributed by atoms with E-state index >= 15 is 0 Å². The van der Waals surface area contributed by atoms with Gasteiger partial charge in [0.05, 0.1) is 28.3 Å². The van der Waals surface area contributed by atoms with E-state index in [-0.39, 0.29) is 29.9 Å². The molecule has 2 N–H and O–H groups in total. The van der Waals surface area contributed by atoms with Gasteiger partial charge in [0, 0.05) is 13.5 Å². The Hall–Kier alpha value is -2.15. The minimum absolute atomic E-state index is 0.0193. The van der Waals surface area contributed by atoms with Crippen LogP contribution in [-0.2, 0) is 9.59 Å². The van der Waals surface area contributed by atoms with Crippen molar-refractivity contribution >= 4 is 38.5 Å². The van der Waals surface area contributed by atoms with Crippen LogP contribution in [0.4, 0.5) is 5.13 Å². The minimum Gasteiger partial charge on any atom is -0.349 e. The SMILES string of the molecule is CN(CC(=O)NC1CCC(=O)NC12CCC2)c1nc2ccccc2s1. The first-order valence-electron chi connectivity index (χ1n) is 8.73. The van der Waals surface area contributed by atoms with Gasteiger partial charge in [-0.1, -0.05) is 23.5 Å². The molecular formula is C18H22N4O2S. The Morgan fingerprint density at radius 1 is 1.44 bits per heavy atom. The van der Waals surface area contributed by atoms with E-state index in [9.17, 15) is 9.59 Å². The van der Waals surface area contributed by atoms with Crippen LogP contribution in [0.3, 0.4) is 0 Å². The molecule has 7 heteroatoms. The quantitative estimate of drug-likeness (QED) is 0.877. The van der Waals surface area contributed by atoms with Gasteiger partial charge in [0.2, 0.25) is 11.8 Å². The van der Waals surface area contributed by atoms with Gasteiger partial charge in [0.1, 0.15) is 0 Å². The van der Waals surface area contributed by atoms with Crippen LogP contribution in [0.25, 0.3) is 10.2 Å². The van der Waals surface area contributed by atoms with Crippen molar-refractivity contribution in [2.24, 2.45) is 0 Å². The molecular weight excluding hydrogens is 336 g/mol. The molecule has 132 valence electrons. The molecule has 1 atom stereocenters. The fraction of sp³-hybridized carbons (Fsp3) is 0.500. The maximum absolute atomic E-state index is 12.5.